The summed E-state index contributed by atoms with van der Waals surface area (Å²) >= 11 is 0. The first-order valence-corrected chi connectivity index (χ1v) is 16.7. The molecule has 0 aliphatic heterocycles. The molecular weight excluding hydrogens is 825 g/mol. The van der Waals surface area contributed by atoms with Gasteiger partial charge in [-0.05, 0) is 59.2 Å². The smallest absolute Gasteiger partial charge is 0.124 e. The summed E-state index contributed by atoms with van der Waals surface area (Å²) in [7, 11) is 0. The monoisotopic (exact) mass is 853 g/mol. The van der Waals surface area contributed by atoms with Crippen molar-refractivity contribution < 1.29 is 30.6 Å². The maximum atomic E-state index is 15.8. The van der Waals surface area contributed by atoms with E-state index in [1.165, 1.54) is 6.07 Å². The average Bonchev–Trinajstić information content (AvgIpc) is 3.53. The molecule has 3 heterocycles. The molecule has 252 valence electrons. The van der Waals surface area contributed by atoms with Crippen molar-refractivity contribution in [2.24, 2.45) is 0 Å². The van der Waals surface area contributed by atoms with Gasteiger partial charge in [-0.15, -0.1) is 12.1 Å². The van der Waals surface area contributed by atoms with E-state index in [-0.39, 0.29) is 32.4 Å². The first-order chi connectivity index (χ1) is 25.1. The molecule has 0 bridgehead atoms. The van der Waals surface area contributed by atoms with Crippen LogP contribution in [0.2, 0.25) is 0 Å². The Morgan fingerprint density at radius 3 is 2.06 bits per heavy atom. The number of halogens is 1. The van der Waals surface area contributed by atoms with E-state index in [4.69, 9.17) is 4.98 Å². The predicted octanol–water partition coefficient (Wildman–Crippen LogP) is 11.6. The molecule has 0 aliphatic carbocycles. The van der Waals surface area contributed by atoms with Gasteiger partial charge in [0, 0.05) is 66.2 Å². The average molecular weight is 854 g/mol. The number of rotatable bonds is 6. The van der Waals surface area contributed by atoms with Crippen LogP contribution in [0.4, 0.5) is 4.39 Å². The van der Waals surface area contributed by atoms with Gasteiger partial charge in [-0.3, -0.25) is 14.4 Å². The van der Waals surface area contributed by atoms with E-state index in [1.807, 2.05) is 84.9 Å². The summed E-state index contributed by atoms with van der Waals surface area (Å²) in [4.78, 5) is 9.59. The minimum Gasteiger partial charge on any atom is -0.507 e. The van der Waals surface area contributed by atoms with Crippen molar-refractivity contribution in [1.82, 2.24) is 14.5 Å². The number of aromatic hydroxyl groups is 1. The zero-order valence-corrected chi connectivity index (χ0v) is 29.9. The molecule has 0 atom stereocenters. The van der Waals surface area contributed by atoms with Crippen LogP contribution < -0.4 is 0 Å². The number of phenols is 1. The van der Waals surface area contributed by atoms with E-state index in [0.29, 0.717) is 28.2 Å². The molecule has 0 saturated heterocycles. The summed E-state index contributed by atoms with van der Waals surface area (Å²) in [6, 6.07) is 56.5. The first-order valence-electron chi connectivity index (χ1n) is 16.7. The molecule has 52 heavy (non-hydrogen) atoms. The van der Waals surface area contributed by atoms with Crippen LogP contribution in [0, 0.1) is 11.9 Å². The van der Waals surface area contributed by atoms with Crippen LogP contribution in [0.5, 0.6) is 5.75 Å². The van der Waals surface area contributed by atoms with Crippen molar-refractivity contribution in [3.63, 3.8) is 0 Å². The number of aromatic nitrogens is 3. The van der Waals surface area contributed by atoms with Gasteiger partial charge in [-0.2, -0.15) is 0 Å². The number of hydrogen-bond acceptors (Lipinski definition) is 3. The molecule has 0 radical (unpaired) electrons. The second kappa shape index (κ2) is 13.9. The van der Waals surface area contributed by atoms with Gasteiger partial charge in [0.15, 0.2) is 0 Å². The van der Waals surface area contributed by atoms with Crippen LogP contribution in [0.15, 0.2) is 170 Å². The van der Waals surface area contributed by atoms with Crippen molar-refractivity contribution in [1.29, 1.82) is 0 Å². The molecule has 6 heteroatoms. The fourth-order valence-electron chi connectivity index (χ4n) is 6.94. The normalized spacial score (nSPS) is 11.1. The van der Waals surface area contributed by atoms with Crippen LogP contribution in [-0.2, 0) is 21.1 Å². The molecule has 0 amide bonds. The molecular formula is C46H29FN3OPt-. The van der Waals surface area contributed by atoms with Gasteiger partial charge in [0.2, 0.25) is 0 Å². The van der Waals surface area contributed by atoms with Crippen LogP contribution in [-0.4, -0.2) is 19.6 Å². The molecule has 0 aliphatic rings. The number of nitrogens with zero attached hydrogens (tertiary/aromatic N) is 3. The van der Waals surface area contributed by atoms with Gasteiger partial charge < -0.3 is 9.67 Å². The van der Waals surface area contributed by atoms with Gasteiger partial charge in [-0.1, -0.05) is 126 Å². The number of pyridine rings is 2. The maximum Gasteiger partial charge on any atom is 0.124 e. The number of phenolic OH excluding ortho intramolecular Hbond substituents is 1. The van der Waals surface area contributed by atoms with E-state index < -0.39 is 5.82 Å². The SMILES string of the molecule is Oc1ccccc1-c1cc(-c2ccccc2)cc(-c2[c-]c(-c3cc(-c4cccc5c6ccccc6n(-c6ccccc6)c45)ccn3)c(F)cc2)n1.[Pt]. The van der Waals surface area contributed by atoms with Crippen molar-refractivity contribution in [3.8, 4) is 67.5 Å². The van der Waals surface area contributed by atoms with E-state index in [2.05, 4.69) is 70.2 Å². The standard InChI is InChI=1S/C46H29FN3O.Pt/c47-40-23-22-32(41-28-33(30-12-3-1-4-13-30)29-43(49-41)38-17-8-10-21-45(38)51)26-39(40)42-27-31(24-25-48-42)35-18-11-19-37-36-16-7-9-20-44(36)50(46(35)37)34-14-5-2-6-15-34;/h1-25,27-29,51H;/q-1;. The Kier molecular flexibility index (Phi) is 8.80. The summed E-state index contributed by atoms with van der Waals surface area (Å²) < 4.78 is 18.1. The number of fused-ring (bicyclic) bond motifs is 3. The third kappa shape index (κ3) is 5.89. The summed E-state index contributed by atoms with van der Waals surface area (Å²) in [5.41, 5.74) is 10.2. The van der Waals surface area contributed by atoms with Crippen molar-refractivity contribution in [3.05, 3.63) is 182 Å². The molecule has 6 aromatic carbocycles. The van der Waals surface area contributed by atoms with Crippen LogP contribution in [0.25, 0.3) is 83.5 Å². The quantitative estimate of drug-likeness (QED) is 0.170. The Labute approximate surface area is 314 Å². The van der Waals surface area contributed by atoms with Crippen LogP contribution in [0.3, 0.4) is 0 Å². The van der Waals surface area contributed by atoms with Crippen LogP contribution >= 0.6 is 0 Å². The minimum absolute atomic E-state index is 0. The summed E-state index contributed by atoms with van der Waals surface area (Å²) in [6.45, 7) is 0. The van der Waals surface area contributed by atoms with E-state index in [1.54, 1.807) is 24.4 Å². The second-order valence-corrected chi connectivity index (χ2v) is 12.4. The van der Waals surface area contributed by atoms with Gasteiger partial charge >= 0.3 is 0 Å². The zero-order chi connectivity index (χ0) is 34.3. The Morgan fingerprint density at radius 1 is 0.558 bits per heavy atom. The molecule has 9 aromatic rings. The van der Waals surface area contributed by atoms with Crippen LogP contribution in [0.1, 0.15) is 0 Å². The van der Waals surface area contributed by atoms with Gasteiger partial charge in [-0.25, -0.2) is 0 Å². The van der Waals surface area contributed by atoms with Gasteiger partial charge in [0.1, 0.15) is 5.75 Å². The molecule has 0 spiro atoms. The number of hydrogen-bond donors (Lipinski definition) is 1. The maximum absolute atomic E-state index is 15.8. The van der Waals surface area contributed by atoms with Crippen molar-refractivity contribution >= 4 is 21.8 Å². The third-order valence-electron chi connectivity index (χ3n) is 9.32. The molecule has 9 rings (SSSR count). The molecule has 0 saturated carbocycles. The fourth-order valence-corrected chi connectivity index (χ4v) is 6.94. The van der Waals surface area contributed by atoms with E-state index in [9.17, 15) is 5.11 Å². The molecule has 0 fully saturated rings. The second-order valence-electron chi connectivity index (χ2n) is 12.4. The summed E-state index contributed by atoms with van der Waals surface area (Å²) in [5.74, 6) is -0.299. The number of benzene rings is 6. The first kappa shape index (κ1) is 33.0. The van der Waals surface area contributed by atoms with E-state index >= 15 is 4.39 Å². The van der Waals surface area contributed by atoms with Gasteiger partial charge in [0.05, 0.1) is 22.5 Å². The molecule has 1 N–H and O–H groups in total. The largest absolute Gasteiger partial charge is 0.507 e. The number of para-hydroxylation sites is 4. The fraction of sp³-hybridized carbons (Fsp3) is 0. The summed E-state index contributed by atoms with van der Waals surface area (Å²) in [5, 5.41) is 13.0. The zero-order valence-electron chi connectivity index (χ0n) is 27.6. The van der Waals surface area contributed by atoms with E-state index in [0.717, 1.165) is 49.7 Å². The molecule has 4 nitrogen and oxygen atoms in total. The minimum atomic E-state index is -0.430. The molecule has 0 unspecified atom stereocenters. The Morgan fingerprint density at radius 2 is 1.23 bits per heavy atom. The van der Waals surface area contributed by atoms with Gasteiger partial charge in [0.25, 0.3) is 0 Å². The topological polar surface area (TPSA) is 50.9 Å². The Hall–Kier alpha value is -6.16. The summed E-state index contributed by atoms with van der Waals surface area (Å²) in [6.07, 6.45) is 1.73. The van der Waals surface area contributed by atoms with Crippen molar-refractivity contribution in [2.45, 2.75) is 0 Å². The Balaban J connectivity index is 0.00000387. The Bertz CT molecular complexity index is 2730. The predicted molar refractivity (Wildman–Crippen MR) is 204 cm³/mol. The third-order valence-corrected chi connectivity index (χ3v) is 9.32. The molecule has 3 aromatic heterocycles. The van der Waals surface area contributed by atoms with Crippen molar-refractivity contribution in [2.75, 3.05) is 0 Å².